The molecule has 6 heteroatoms. The highest BCUT2D eigenvalue weighted by Crippen LogP contribution is 2.32. The molecular weight excluding hydrogens is 440 g/mol. The van der Waals surface area contributed by atoms with E-state index in [4.69, 9.17) is 9.47 Å². The summed E-state index contributed by atoms with van der Waals surface area (Å²) in [7, 11) is 0. The molecule has 0 saturated carbocycles. The number of hydrogen-bond acceptors (Lipinski definition) is 6. The van der Waals surface area contributed by atoms with Crippen molar-refractivity contribution >= 4 is 11.9 Å². The summed E-state index contributed by atoms with van der Waals surface area (Å²) < 4.78 is 11.7. The van der Waals surface area contributed by atoms with Crippen LogP contribution in [0.3, 0.4) is 0 Å². The summed E-state index contributed by atoms with van der Waals surface area (Å²) in [5.41, 5.74) is -0.0829. The van der Waals surface area contributed by atoms with E-state index in [1.54, 1.807) is 0 Å². The highest BCUT2D eigenvalue weighted by molar-refractivity contribution is 5.72. The Balaban J connectivity index is 1.56. The molecule has 0 bridgehead atoms. The second kappa shape index (κ2) is 11.9. The fraction of sp³-hybridized carbons (Fsp3) is 0.931. The lowest BCUT2D eigenvalue weighted by atomic mass is 9.81. The zero-order valence-corrected chi connectivity index (χ0v) is 24.1. The fourth-order valence-corrected chi connectivity index (χ4v) is 6.52. The van der Waals surface area contributed by atoms with Gasteiger partial charge in [-0.3, -0.25) is 9.59 Å². The number of esters is 2. The first-order valence-electron chi connectivity index (χ1n) is 14.0. The third-order valence-corrected chi connectivity index (χ3v) is 7.31. The van der Waals surface area contributed by atoms with E-state index in [0.717, 1.165) is 64.2 Å². The Morgan fingerprint density at radius 1 is 0.686 bits per heavy atom. The quantitative estimate of drug-likeness (QED) is 0.269. The third kappa shape index (κ3) is 11.2. The van der Waals surface area contributed by atoms with Gasteiger partial charge in [-0.15, -0.1) is 0 Å². The summed E-state index contributed by atoms with van der Waals surface area (Å²) in [4.78, 5) is 25.0. The molecule has 2 heterocycles. The molecule has 204 valence electrons. The molecule has 0 aromatic heterocycles. The van der Waals surface area contributed by atoms with Crippen molar-refractivity contribution in [1.82, 2.24) is 10.6 Å². The highest BCUT2D eigenvalue weighted by atomic mass is 16.5. The summed E-state index contributed by atoms with van der Waals surface area (Å²) in [5, 5.41) is 7.26. The number of unbranched alkanes of at least 4 members (excludes halogenated alkanes) is 4. The molecule has 0 aliphatic carbocycles. The van der Waals surface area contributed by atoms with E-state index in [0.29, 0.717) is 6.42 Å². The maximum Gasteiger partial charge on any atom is 0.308 e. The number of hydrogen-bond donors (Lipinski definition) is 2. The minimum Gasteiger partial charge on any atom is -0.462 e. The van der Waals surface area contributed by atoms with Gasteiger partial charge in [0.2, 0.25) is 0 Å². The van der Waals surface area contributed by atoms with Crippen LogP contribution in [0, 0.1) is 5.92 Å². The van der Waals surface area contributed by atoms with Crippen LogP contribution in [-0.4, -0.2) is 46.3 Å². The number of piperidine rings is 2. The van der Waals surface area contributed by atoms with Gasteiger partial charge >= 0.3 is 11.9 Å². The Labute approximate surface area is 215 Å². The van der Waals surface area contributed by atoms with Crippen LogP contribution in [-0.2, 0) is 19.1 Å². The molecular formula is C29H54N2O4. The predicted octanol–water partition coefficient (Wildman–Crippen LogP) is 6.06. The first-order valence-corrected chi connectivity index (χ1v) is 14.0. The second-order valence-corrected chi connectivity index (χ2v) is 14.0. The van der Waals surface area contributed by atoms with E-state index >= 15 is 0 Å². The van der Waals surface area contributed by atoms with Crippen LogP contribution in [0.4, 0.5) is 0 Å². The SMILES string of the molecule is CC(CCCCCCCC(=O)OC1CC(C)(C)NC(C)(C)C1)C(=O)OC1CC(C)(C)NC(C)(C)C1. The molecule has 2 N–H and O–H groups in total. The maximum absolute atomic E-state index is 12.6. The summed E-state index contributed by atoms with van der Waals surface area (Å²) in [6, 6.07) is 0. The van der Waals surface area contributed by atoms with Crippen molar-refractivity contribution in [2.24, 2.45) is 5.92 Å². The van der Waals surface area contributed by atoms with Crippen molar-refractivity contribution < 1.29 is 19.1 Å². The Hall–Kier alpha value is -1.14. The molecule has 2 aliphatic rings. The molecule has 0 spiro atoms. The van der Waals surface area contributed by atoms with Gasteiger partial charge in [0.1, 0.15) is 12.2 Å². The van der Waals surface area contributed by atoms with E-state index in [1.165, 1.54) is 0 Å². The van der Waals surface area contributed by atoms with Crippen molar-refractivity contribution in [1.29, 1.82) is 0 Å². The third-order valence-electron chi connectivity index (χ3n) is 7.31. The van der Waals surface area contributed by atoms with Gasteiger partial charge < -0.3 is 20.1 Å². The Kier molecular flexibility index (Phi) is 10.3. The van der Waals surface area contributed by atoms with E-state index in [-0.39, 0.29) is 52.2 Å². The minimum atomic E-state index is -0.0656. The lowest BCUT2D eigenvalue weighted by molar-refractivity contribution is -0.158. The fourth-order valence-electron chi connectivity index (χ4n) is 6.52. The monoisotopic (exact) mass is 494 g/mol. The average molecular weight is 495 g/mol. The highest BCUT2D eigenvalue weighted by Gasteiger charge is 2.40. The van der Waals surface area contributed by atoms with Crippen LogP contribution in [0.1, 0.15) is 133 Å². The number of carbonyl (C=O) groups is 2. The van der Waals surface area contributed by atoms with Crippen molar-refractivity contribution in [3.05, 3.63) is 0 Å². The van der Waals surface area contributed by atoms with Crippen LogP contribution in [0.25, 0.3) is 0 Å². The molecule has 0 aromatic rings. The molecule has 2 rings (SSSR count). The van der Waals surface area contributed by atoms with Gasteiger partial charge in [-0.2, -0.15) is 0 Å². The molecule has 0 radical (unpaired) electrons. The Bertz CT molecular complexity index is 681. The average Bonchev–Trinajstić information content (AvgIpc) is 2.61. The molecule has 0 amide bonds. The van der Waals surface area contributed by atoms with Crippen LogP contribution in [0.5, 0.6) is 0 Å². The topological polar surface area (TPSA) is 76.7 Å². The molecule has 2 aliphatic heterocycles. The lowest BCUT2D eigenvalue weighted by Crippen LogP contribution is -2.59. The van der Waals surface area contributed by atoms with Gasteiger partial charge in [0, 0.05) is 54.3 Å². The number of rotatable bonds is 11. The van der Waals surface area contributed by atoms with E-state index in [2.05, 4.69) is 66.0 Å². The zero-order valence-electron chi connectivity index (χ0n) is 24.1. The summed E-state index contributed by atoms with van der Waals surface area (Å²) in [6.45, 7) is 19.4. The van der Waals surface area contributed by atoms with Crippen molar-refractivity contribution in [2.45, 2.75) is 167 Å². The van der Waals surface area contributed by atoms with E-state index in [9.17, 15) is 9.59 Å². The molecule has 6 nitrogen and oxygen atoms in total. The number of carbonyl (C=O) groups excluding carboxylic acids is 2. The Morgan fingerprint density at radius 2 is 1.09 bits per heavy atom. The first-order chi connectivity index (χ1) is 16.0. The van der Waals surface area contributed by atoms with Crippen LogP contribution in [0.2, 0.25) is 0 Å². The van der Waals surface area contributed by atoms with E-state index < -0.39 is 0 Å². The summed E-state index contributed by atoms with van der Waals surface area (Å²) in [5.74, 6) is -0.191. The van der Waals surface area contributed by atoms with Crippen molar-refractivity contribution in [2.75, 3.05) is 0 Å². The zero-order chi connectivity index (χ0) is 26.5. The summed E-state index contributed by atoms with van der Waals surface area (Å²) in [6.07, 6.45) is 9.83. The smallest absolute Gasteiger partial charge is 0.308 e. The van der Waals surface area contributed by atoms with Gasteiger partial charge in [-0.25, -0.2) is 0 Å². The van der Waals surface area contributed by atoms with E-state index in [1.807, 2.05) is 6.92 Å². The number of ether oxygens (including phenoxy) is 2. The second-order valence-electron chi connectivity index (χ2n) is 14.0. The van der Waals surface area contributed by atoms with Gasteiger partial charge in [0.15, 0.2) is 0 Å². The molecule has 1 unspecified atom stereocenters. The first kappa shape index (κ1) is 30.1. The molecule has 35 heavy (non-hydrogen) atoms. The van der Waals surface area contributed by atoms with Gasteiger partial charge in [-0.05, 0) is 68.2 Å². The predicted molar refractivity (Wildman–Crippen MR) is 142 cm³/mol. The van der Waals surface area contributed by atoms with Crippen LogP contribution < -0.4 is 10.6 Å². The van der Waals surface area contributed by atoms with Gasteiger partial charge in [-0.1, -0.05) is 32.6 Å². The van der Waals surface area contributed by atoms with Crippen LogP contribution in [0.15, 0.2) is 0 Å². The Morgan fingerprint density at radius 3 is 1.57 bits per heavy atom. The molecule has 1 atom stereocenters. The summed E-state index contributed by atoms with van der Waals surface area (Å²) >= 11 is 0. The standard InChI is InChI=1S/C29H54N2O4/c1-21(25(33)35-23-19-28(6,7)31-29(8,9)20-23)15-13-11-10-12-14-16-24(32)34-22-17-26(2,3)30-27(4,5)18-22/h21-23,30-31H,10-20H2,1-9H3. The number of nitrogens with one attached hydrogen (secondary N) is 2. The lowest BCUT2D eigenvalue weighted by Gasteiger charge is -2.46. The van der Waals surface area contributed by atoms with Crippen molar-refractivity contribution in [3.63, 3.8) is 0 Å². The van der Waals surface area contributed by atoms with Gasteiger partial charge in [0.05, 0.1) is 5.92 Å². The minimum absolute atomic E-state index is 0.00277. The van der Waals surface area contributed by atoms with Gasteiger partial charge in [0.25, 0.3) is 0 Å². The normalized spacial score (nSPS) is 24.5. The van der Waals surface area contributed by atoms with Crippen molar-refractivity contribution in [3.8, 4) is 0 Å². The van der Waals surface area contributed by atoms with Crippen LogP contribution >= 0.6 is 0 Å². The largest absolute Gasteiger partial charge is 0.462 e. The molecule has 0 aromatic carbocycles. The molecule has 2 fully saturated rings. The molecule has 2 saturated heterocycles. The maximum atomic E-state index is 12.6.